The molecule has 5 nitrogen and oxygen atoms in total. The summed E-state index contributed by atoms with van der Waals surface area (Å²) < 4.78 is 9.14. The van der Waals surface area contributed by atoms with Gasteiger partial charge in [-0.1, -0.05) is 51.7 Å². The van der Waals surface area contributed by atoms with Crippen LogP contribution >= 0.6 is 0 Å². The SMILES string of the molecule is C=C(C)C(=O)OCCCCCCCCCCO.C=CC(=O)OC. The van der Waals surface area contributed by atoms with Crippen molar-refractivity contribution in [3.8, 4) is 0 Å². The average molecular weight is 328 g/mol. The lowest BCUT2D eigenvalue weighted by Gasteiger charge is -2.04. The third kappa shape index (κ3) is 20.4. The van der Waals surface area contributed by atoms with E-state index < -0.39 is 5.97 Å². The summed E-state index contributed by atoms with van der Waals surface area (Å²) in [7, 11) is 1.31. The van der Waals surface area contributed by atoms with Gasteiger partial charge in [-0.05, 0) is 19.8 Å². The first-order valence-corrected chi connectivity index (χ1v) is 8.13. The number of methoxy groups -OCH3 is 1. The van der Waals surface area contributed by atoms with Crippen LogP contribution in [-0.4, -0.2) is 37.4 Å². The molecule has 0 aromatic rings. The smallest absolute Gasteiger partial charge is 0.333 e. The maximum Gasteiger partial charge on any atom is 0.333 e. The third-order valence-corrected chi connectivity index (χ3v) is 3.00. The van der Waals surface area contributed by atoms with Crippen molar-refractivity contribution in [1.29, 1.82) is 0 Å². The molecule has 0 saturated carbocycles. The van der Waals surface area contributed by atoms with Crippen LogP contribution < -0.4 is 0 Å². The van der Waals surface area contributed by atoms with Gasteiger partial charge in [-0.25, -0.2) is 9.59 Å². The van der Waals surface area contributed by atoms with Gasteiger partial charge < -0.3 is 14.6 Å². The molecule has 0 aliphatic rings. The van der Waals surface area contributed by atoms with Crippen molar-refractivity contribution in [1.82, 2.24) is 0 Å². The lowest BCUT2D eigenvalue weighted by atomic mass is 10.1. The Labute approximate surface area is 140 Å². The van der Waals surface area contributed by atoms with E-state index >= 15 is 0 Å². The van der Waals surface area contributed by atoms with Crippen LogP contribution in [0.5, 0.6) is 0 Å². The van der Waals surface area contributed by atoms with E-state index in [1.54, 1.807) is 6.92 Å². The molecule has 23 heavy (non-hydrogen) atoms. The van der Waals surface area contributed by atoms with E-state index in [4.69, 9.17) is 9.84 Å². The van der Waals surface area contributed by atoms with Crippen LogP contribution in [0.4, 0.5) is 0 Å². The van der Waals surface area contributed by atoms with Gasteiger partial charge in [0, 0.05) is 18.3 Å². The molecule has 0 aromatic heterocycles. The maximum absolute atomic E-state index is 11.0. The number of carbonyl (C=O) groups is 2. The molecule has 1 N–H and O–H groups in total. The van der Waals surface area contributed by atoms with Gasteiger partial charge in [0.2, 0.25) is 0 Å². The number of hydrogen-bond acceptors (Lipinski definition) is 5. The molecular weight excluding hydrogens is 296 g/mol. The Hall–Kier alpha value is -1.62. The average Bonchev–Trinajstić information content (AvgIpc) is 2.56. The second kappa shape index (κ2) is 18.4. The monoisotopic (exact) mass is 328 g/mol. The normalized spacial score (nSPS) is 9.35. The second-order valence-electron chi connectivity index (χ2n) is 5.20. The lowest BCUT2D eigenvalue weighted by Crippen LogP contribution is -2.05. The van der Waals surface area contributed by atoms with Crippen molar-refractivity contribution in [2.24, 2.45) is 0 Å². The quantitative estimate of drug-likeness (QED) is 0.337. The first kappa shape index (κ1) is 23.6. The van der Waals surface area contributed by atoms with E-state index in [1.807, 2.05) is 0 Å². The highest BCUT2D eigenvalue weighted by Gasteiger charge is 2.01. The van der Waals surface area contributed by atoms with Crippen molar-refractivity contribution in [2.75, 3.05) is 20.3 Å². The molecular formula is C18H32O5. The van der Waals surface area contributed by atoms with Gasteiger partial charge >= 0.3 is 11.9 Å². The van der Waals surface area contributed by atoms with Crippen LogP contribution in [0.15, 0.2) is 24.8 Å². The van der Waals surface area contributed by atoms with Gasteiger partial charge in [0.05, 0.1) is 13.7 Å². The molecule has 0 atom stereocenters. The molecule has 0 aliphatic heterocycles. The zero-order valence-electron chi connectivity index (χ0n) is 14.6. The number of rotatable bonds is 12. The van der Waals surface area contributed by atoms with Crippen molar-refractivity contribution >= 4 is 11.9 Å². The molecule has 0 aliphatic carbocycles. The highest BCUT2D eigenvalue weighted by Crippen LogP contribution is 2.08. The first-order valence-electron chi connectivity index (χ1n) is 8.13. The zero-order chi connectivity index (χ0) is 17.9. The highest BCUT2D eigenvalue weighted by molar-refractivity contribution is 5.86. The number of unbranched alkanes of at least 4 members (excludes halogenated alkanes) is 7. The van der Waals surface area contributed by atoms with Crippen LogP contribution in [-0.2, 0) is 19.1 Å². The molecule has 0 amide bonds. The lowest BCUT2D eigenvalue weighted by molar-refractivity contribution is -0.139. The summed E-state index contributed by atoms with van der Waals surface area (Å²) in [6, 6.07) is 0. The first-order chi connectivity index (χ1) is 11.0. The number of ether oxygens (including phenoxy) is 2. The van der Waals surface area contributed by atoms with E-state index in [0.29, 0.717) is 18.8 Å². The molecule has 0 heterocycles. The maximum atomic E-state index is 11.0. The largest absolute Gasteiger partial charge is 0.466 e. The van der Waals surface area contributed by atoms with Crippen LogP contribution in [0.1, 0.15) is 58.3 Å². The van der Waals surface area contributed by atoms with E-state index in [9.17, 15) is 9.59 Å². The van der Waals surface area contributed by atoms with Gasteiger partial charge in [0.15, 0.2) is 0 Å². The van der Waals surface area contributed by atoms with Crippen LogP contribution in [0.25, 0.3) is 0 Å². The van der Waals surface area contributed by atoms with Crippen molar-refractivity contribution < 1.29 is 24.2 Å². The molecule has 0 aromatic carbocycles. The van der Waals surface area contributed by atoms with Crippen LogP contribution in [0, 0.1) is 0 Å². The predicted octanol–water partition coefficient (Wildman–Crippen LogP) is 3.56. The van der Waals surface area contributed by atoms with Crippen molar-refractivity contribution in [3.05, 3.63) is 24.8 Å². The summed E-state index contributed by atoms with van der Waals surface area (Å²) in [6.07, 6.45) is 10.1. The summed E-state index contributed by atoms with van der Waals surface area (Å²) in [5.74, 6) is -0.677. The van der Waals surface area contributed by atoms with E-state index in [1.165, 1.54) is 32.8 Å². The highest BCUT2D eigenvalue weighted by atomic mass is 16.5. The van der Waals surface area contributed by atoms with Gasteiger partial charge in [-0.15, -0.1) is 0 Å². The molecule has 0 fully saturated rings. The second-order valence-corrected chi connectivity index (χ2v) is 5.20. The molecule has 0 unspecified atom stereocenters. The fraction of sp³-hybridized carbons (Fsp3) is 0.667. The number of aliphatic hydroxyl groups excluding tert-OH is 1. The summed E-state index contributed by atoms with van der Waals surface area (Å²) >= 11 is 0. The Morgan fingerprint density at radius 3 is 1.83 bits per heavy atom. The molecule has 0 bridgehead atoms. The summed E-state index contributed by atoms with van der Waals surface area (Å²) in [5, 5.41) is 8.60. The number of esters is 2. The Morgan fingerprint density at radius 1 is 1.00 bits per heavy atom. The molecule has 0 saturated heterocycles. The fourth-order valence-corrected chi connectivity index (χ4v) is 1.65. The molecule has 134 valence electrons. The Kier molecular flexibility index (Phi) is 18.9. The minimum Gasteiger partial charge on any atom is -0.466 e. The zero-order valence-corrected chi connectivity index (χ0v) is 14.6. The van der Waals surface area contributed by atoms with Gasteiger partial charge in [-0.2, -0.15) is 0 Å². The Bertz CT molecular complexity index is 336. The minimum atomic E-state index is -0.394. The van der Waals surface area contributed by atoms with E-state index in [-0.39, 0.29) is 5.97 Å². The van der Waals surface area contributed by atoms with Crippen molar-refractivity contribution in [3.63, 3.8) is 0 Å². The van der Waals surface area contributed by atoms with Gasteiger partial charge in [0.1, 0.15) is 0 Å². The van der Waals surface area contributed by atoms with Crippen LogP contribution in [0.2, 0.25) is 0 Å². The molecule has 5 heteroatoms. The van der Waals surface area contributed by atoms with Gasteiger partial charge in [0.25, 0.3) is 0 Å². The minimum absolute atomic E-state index is 0.283. The van der Waals surface area contributed by atoms with Crippen molar-refractivity contribution in [2.45, 2.75) is 58.3 Å². The Morgan fingerprint density at radius 2 is 1.48 bits per heavy atom. The predicted molar refractivity (Wildman–Crippen MR) is 92.0 cm³/mol. The van der Waals surface area contributed by atoms with E-state index in [2.05, 4.69) is 17.9 Å². The summed E-state index contributed by atoms with van der Waals surface area (Å²) in [4.78, 5) is 20.9. The summed E-state index contributed by atoms with van der Waals surface area (Å²) in [5.41, 5.74) is 0.467. The summed E-state index contributed by atoms with van der Waals surface area (Å²) in [6.45, 7) is 9.17. The molecule has 0 radical (unpaired) electrons. The molecule has 0 rings (SSSR count). The topological polar surface area (TPSA) is 72.8 Å². The molecule has 0 spiro atoms. The van der Waals surface area contributed by atoms with E-state index in [0.717, 1.165) is 31.8 Å². The number of carbonyl (C=O) groups excluding carboxylic acids is 2. The third-order valence-electron chi connectivity index (χ3n) is 3.00. The fourth-order valence-electron chi connectivity index (χ4n) is 1.65. The van der Waals surface area contributed by atoms with Gasteiger partial charge in [-0.3, -0.25) is 0 Å². The van der Waals surface area contributed by atoms with Crippen LogP contribution in [0.3, 0.4) is 0 Å². The standard InChI is InChI=1S/C14H26O3.C4H6O2/c1-13(2)14(16)17-12-10-8-6-4-3-5-7-9-11-15;1-3-4(5)6-2/h15H,1,3-12H2,2H3;3H,1H2,2H3. The number of hydrogen-bond donors (Lipinski definition) is 1. The number of aliphatic hydroxyl groups is 1. The Balaban J connectivity index is 0.